The summed E-state index contributed by atoms with van der Waals surface area (Å²) in [5.41, 5.74) is 0. The fourth-order valence-electron chi connectivity index (χ4n) is 0.954. The maximum absolute atomic E-state index is 5.62. The number of hydrogen-bond donors (Lipinski definition) is 0. The Hall–Kier alpha value is -0.580. The molecule has 1 aromatic heterocycles. The molecule has 1 aromatic carbocycles. The van der Waals surface area contributed by atoms with Crippen LogP contribution in [0.25, 0.3) is 0 Å². The molecular formula is C9H7ClN2S2. The Morgan fingerprint density at radius 2 is 2.07 bits per heavy atom. The Morgan fingerprint density at radius 3 is 2.71 bits per heavy atom. The molecule has 0 radical (unpaired) electrons. The van der Waals surface area contributed by atoms with E-state index in [0.717, 1.165) is 10.8 Å². The standard InChI is InChI=1S/C9H7ClN2S2/c10-9-11-8(14-12-9)6-13-7-4-2-1-3-5-7/h1-5H,6H2. The summed E-state index contributed by atoms with van der Waals surface area (Å²) >= 11 is 8.71. The van der Waals surface area contributed by atoms with Crippen LogP contribution in [0.1, 0.15) is 5.01 Å². The predicted octanol–water partition coefficient (Wildman–Crippen LogP) is 3.48. The number of benzene rings is 1. The zero-order valence-electron chi connectivity index (χ0n) is 7.18. The molecule has 72 valence electrons. The minimum absolute atomic E-state index is 0.346. The highest BCUT2D eigenvalue weighted by atomic mass is 35.5. The topological polar surface area (TPSA) is 25.8 Å². The first-order chi connectivity index (χ1) is 6.84. The molecule has 0 aliphatic rings. The van der Waals surface area contributed by atoms with Crippen molar-refractivity contribution in [3.05, 3.63) is 40.6 Å². The van der Waals surface area contributed by atoms with Crippen molar-refractivity contribution in [2.75, 3.05) is 0 Å². The SMILES string of the molecule is Clc1nsc(CSc2ccccc2)n1. The maximum Gasteiger partial charge on any atom is 0.234 e. The van der Waals surface area contributed by atoms with E-state index in [0.29, 0.717) is 5.28 Å². The second-order valence-electron chi connectivity index (χ2n) is 2.56. The number of aromatic nitrogens is 2. The average Bonchev–Trinajstić information content (AvgIpc) is 2.63. The van der Waals surface area contributed by atoms with E-state index in [1.54, 1.807) is 11.8 Å². The van der Waals surface area contributed by atoms with Gasteiger partial charge in [0.05, 0.1) is 5.75 Å². The van der Waals surface area contributed by atoms with Crippen LogP contribution in [0.15, 0.2) is 35.2 Å². The van der Waals surface area contributed by atoms with Crippen molar-refractivity contribution in [1.29, 1.82) is 0 Å². The number of rotatable bonds is 3. The highest BCUT2D eigenvalue weighted by molar-refractivity contribution is 7.98. The summed E-state index contributed by atoms with van der Waals surface area (Å²) in [6, 6.07) is 10.2. The van der Waals surface area contributed by atoms with Gasteiger partial charge in [-0.3, -0.25) is 0 Å². The molecule has 0 atom stereocenters. The lowest BCUT2D eigenvalue weighted by atomic mass is 10.4. The molecule has 0 saturated carbocycles. The van der Waals surface area contributed by atoms with E-state index in [4.69, 9.17) is 11.6 Å². The maximum atomic E-state index is 5.62. The lowest BCUT2D eigenvalue weighted by molar-refractivity contribution is 1.23. The molecule has 0 amide bonds. The lowest BCUT2D eigenvalue weighted by Gasteiger charge is -1.96. The zero-order valence-corrected chi connectivity index (χ0v) is 9.57. The second-order valence-corrected chi connectivity index (χ2v) is 4.78. The summed E-state index contributed by atoms with van der Waals surface area (Å²) in [7, 11) is 0. The first-order valence-corrected chi connectivity index (χ1v) is 6.14. The van der Waals surface area contributed by atoms with Gasteiger partial charge in [0.15, 0.2) is 0 Å². The molecule has 0 fully saturated rings. The minimum Gasteiger partial charge on any atom is -0.209 e. The van der Waals surface area contributed by atoms with Crippen LogP contribution in [0.2, 0.25) is 5.28 Å². The van der Waals surface area contributed by atoms with Crippen molar-refractivity contribution in [3.8, 4) is 0 Å². The fraction of sp³-hybridized carbons (Fsp3) is 0.111. The molecule has 0 bridgehead atoms. The minimum atomic E-state index is 0.346. The van der Waals surface area contributed by atoms with E-state index in [9.17, 15) is 0 Å². The van der Waals surface area contributed by atoms with Gasteiger partial charge in [-0.05, 0) is 35.3 Å². The van der Waals surface area contributed by atoms with Gasteiger partial charge in [0.2, 0.25) is 5.28 Å². The number of hydrogen-bond acceptors (Lipinski definition) is 4. The third-order valence-corrected chi connectivity index (χ3v) is 3.73. The fourth-order valence-corrected chi connectivity index (χ4v) is 2.65. The van der Waals surface area contributed by atoms with Crippen molar-refractivity contribution in [1.82, 2.24) is 9.36 Å². The van der Waals surface area contributed by atoms with Gasteiger partial charge in [-0.25, -0.2) is 4.98 Å². The highest BCUT2D eigenvalue weighted by Gasteiger charge is 2.01. The van der Waals surface area contributed by atoms with E-state index in [1.807, 2.05) is 18.2 Å². The van der Waals surface area contributed by atoms with Crippen molar-refractivity contribution >= 4 is 34.9 Å². The van der Waals surface area contributed by atoms with E-state index < -0.39 is 0 Å². The van der Waals surface area contributed by atoms with E-state index in [1.165, 1.54) is 16.4 Å². The van der Waals surface area contributed by atoms with Crippen LogP contribution in [0, 0.1) is 0 Å². The molecule has 0 saturated heterocycles. The molecular weight excluding hydrogens is 236 g/mol. The van der Waals surface area contributed by atoms with Gasteiger partial charge in [0.25, 0.3) is 0 Å². The average molecular weight is 243 g/mol. The first-order valence-electron chi connectivity index (χ1n) is 4.00. The number of nitrogens with zero attached hydrogens (tertiary/aromatic N) is 2. The molecule has 2 nitrogen and oxygen atoms in total. The van der Waals surface area contributed by atoms with Gasteiger partial charge in [-0.1, -0.05) is 18.2 Å². The van der Waals surface area contributed by atoms with E-state index in [2.05, 4.69) is 21.5 Å². The summed E-state index contributed by atoms with van der Waals surface area (Å²) in [6.45, 7) is 0. The number of thioether (sulfide) groups is 1. The van der Waals surface area contributed by atoms with E-state index in [-0.39, 0.29) is 0 Å². The molecule has 0 aliphatic heterocycles. The third kappa shape index (κ3) is 2.70. The van der Waals surface area contributed by atoms with Crippen LogP contribution in [0.4, 0.5) is 0 Å². The summed E-state index contributed by atoms with van der Waals surface area (Å²) in [5.74, 6) is 0.828. The van der Waals surface area contributed by atoms with Crippen LogP contribution in [-0.2, 0) is 5.75 Å². The molecule has 14 heavy (non-hydrogen) atoms. The quantitative estimate of drug-likeness (QED) is 0.771. The van der Waals surface area contributed by atoms with Crippen LogP contribution in [-0.4, -0.2) is 9.36 Å². The monoisotopic (exact) mass is 242 g/mol. The Morgan fingerprint density at radius 1 is 1.29 bits per heavy atom. The summed E-state index contributed by atoms with van der Waals surface area (Å²) < 4.78 is 3.91. The normalized spacial score (nSPS) is 10.4. The number of halogens is 1. The van der Waals surface area contributed by atoms with E-state index >= 15 is 0 Å². The Labute approximate surface area is 95.5 Å². The Bertz CT molecular complexity index is 402. The zero-order chi connectivity index (χ0) is 9.80. The van der Waals surface area contributed by atoms with Crippen molar-refractivity contribution in [2.45, 2.75) is 10.6 Å². The van der Waals surface area contributed by atoms with Gasteiger partial charge >= 0.3 is 0 Å². The largest absolute Gasteiger partial charge is 0.234 e. The van der Waals surface area contributed by atoms with Crippen molar-refractivity contribution in [3.63, 3.8) is 0 Å². The van der Waals surface area contributed by atoms with Gasteiger partial charge in [-0.15, -0.1) is 11.8 Å². The molecule has 2 rings (SSSR count). The molecule has 1 heterocycles. The van der Waals surface area contributed by atoms with Gasteiger partial charge in [-0.2, -0.15) is 4.37 Å². The predicted molar refractivity (Wildman–Crippen MR) is 60.9 cm³/mol. The van der Waals surface area contributed by atoms with Crippen LogP contribution < -0.4 is 0 Å². The molecule has 0 spiro atoms. The second kappa shape index (κ2) is 4.77. The molecule has 2 aromatic rings. The van der Waals surface area contributed by atoms with Crippen LogP contribution in [0.3, 0.4) is 0 Å². The Balaban J connectivity index is 1.95. The summed E-state index contributed by atoms with van der Waals surface area (Å²) in [6.07, 6.45) is 0. The summed E-state index contributed by atoms with van der Waals surface area (Å²) in [5, 5.41) is 1.31. The highest BCUT2D eigenvalue weighted by Crippen LogP contribution is 2.23. The van der Waals surface area contributed by atoms with Gasteiger partial charge < -0.3 is 0 Å². The summed E-state index contributed by atoms with van der Waals surface area (Å²) in [4.78, 5) is 5.31. The molecule has 0 unspecified atom stereocenters. The molecule has 0 N–H and O–H groups in total. The Kier molecular flexibility index (Phi) is 3.39. The van der Waals surface area contributed by atoms with Crippen molar-refractivity contribution in [2.24, 2.45) is 0 Å². The smallest absolute Gasteiger partial charge is 0.209 e. The third-order valence-electron chi connectivity index (χ3n) is 1.55. The van der Waals surface area contributed by atoms with Gasteiger partial charge in [0.1, 0.15) is 5.01 Å². The van der Waals surface area contributed by atoms with Crippen molar-refractivity contribution < 1.29 is 0 Å². The van der Waals surface area contributed by atoms with Crippen LogP contribution >= 0.6 is 34.9 Å². The van der Waals surface area contributed by atoms with Gasteiger partial charge in [0, 0.05) is 4.90 Å². The molecule has 0 aliphatic carbocycles. The lowest BCUT2D eigenvalue weighted by Crippen LogP contribution is -1.77. The molecule has 5 heteroatoms. The van der Waals surface area contributed by atoms with Crippen LogP contribution in [0.5, 0.6) is 0 Å². The first kappa shape index (κ1) is 9.96.